The second kappa shape index (κ2) is 6.36. The predicted octanol–water partition coefficient (Wildman–Crippen LogP) is 3.42. The summed E-state index contributed by atoms with van der Waals surface area (Å²) in [6, 6.07) is 16.6. The zero-order valence-electron chi connectivity index (χ0n) is 12.0. The molecule has 0 radical (unpaired) electrons. The fourth-order valence-electron chi connectivity index (χ4n) is 2.19. The van der Waals surface area contributed by atoms with Gasteiger partial charge in [-0.25, -0.2) is 13.1 Å². The first-order chi connectivity index (χ1) is 11.1. The first-order valence-electron chi connectivity index (χ1n) is 6.82. The zero-order valence-corrected chi connectivity index (χ0v) is 13.6. The molecule has 1 N–H and O–H groups in total. The molecular formula is C17H13NO3S2. The molecule has 0 aliphatic rings. The Morgan fingerprint density at radius 1 is 1.00 bits per heavy atom. The van der Waals surface area contributed by atoms with E-state index in [1.165, 1.54) is 12.1 Å². The molecule has 1 heterocycles. The molecule has 116 valence electrons. The molecule has 0 atom stereocenters. The first kappa shape index (κ1) is 15.5. The van der Waals surface area contributed by atoms with Crippen LogP contribution in [0.25, 0.3) is 16.8 Å². The number of fused-ring (bicyclic) bond motifs is 1. The fourth-order valence-corrected chi connectivity index (χ4v) is 4.13. The summed E-state index contributed by atoms with van der Waals surface area (Å²) in [5, 5.41) is 3.70. The summed E-state index contributed by atoms with van der Waals surface area (Å²) >= 11 is 1.06. The van der Waals surface area contributed by atoms with Gasteiger partial charge in [0.05, 0.1) is 0 Å². The van der Waals surface area contributed by atoms with Crippen LogP contribution >= 0.6 is 11.3 Å². The van der Waals surface area contributed by atoms with Crippen LogP contribution in [0, 0.1) is 0 Å². The number of thiophene rings is 1. The predicted molar refractivity (Wildman–Crippen MR) is 92.6 cm³/mol. The lowest BCUT2D eigenvalue weighted by Crippen LogP contribution is -2.28. The maximum atomic E-state index is 12.0. The highest BCUT2D eigenvalue weighted by atomic mass is 32.2. The van der Waals surface area contributed by atoms with Crippen LogP contribution in [0.4, 0.5) is 0 Å². The van der Waals surface area contributed by atoms with Gasteiger partial charge in [-0.15, -0.1) is 11.3 Å². The van der Waals surface area contributed by atoms with Crippen molar-refractivity contribution in [1.29, 1.82) is 0 Å². The Balaban J connectivity index is 1.81. The third kappa shape index (κ3) is 3.49. The number of amides is 1. The molecule has 0 aliphatic carbocycles. The van der Waals surface area contributed by atoms with Gasteiger partial charge < -0.3 is 0 Å². The molecule has 0 bridgehead atoms. The average Bonchev–Trinajstić information content (AvgIpc) is 3.08. The molecule has 0 unspecified atom stereocenters. The topological polar surface area (TPSA) is 63.2 Å². The maximum Gasteiger partial charge on any atom is 0.273 e. The van der Waals surface area contributed by atoms with E-state index in [2.05, 4.69) is 0 Å². The van der Waals surface area contributed by atoms with E-state index < -0.39 is 15.9 Å². The third-order valence-electron chi connectivity index (χ3n) is 3.23. The van der Waals surface area contributed by atoms with Gasteiger partial charge in [-0.05, 0) is 33.9 Å². The summed E-state index contributed by atoms with van der Waals surface area (Å²) in [6.07, 6.45) is 2.84. The second-order valence-electron chi connectivity index (χ2n) is 4.80. The van der Waals surface area contributed by atoms with Crippen molar-refractivity contribution in [2.24, 2.45) is 0 Å². The van der Waals surface area contributed by atoms with Crippen molar-refractivity contribution in [2.45, 2.75) is 4.21 Å². The van der Waals surface area contributed by atoms with Gasteiger partial charge in [0.2, 0.25) is 0 Å². The van der Waals surface area contributed by atoms with E-state index in [-0.39, 0.29) is 4.21 Å². The molecule has 1 aromatic heterocycles. The van der Waals surface area contributed by atoms with Gasteiger partial charge in [-0.1, -0.05) is 48.5 Å². The minimum Gasteiger partial charge on any atom is -0.269 e. The van der Waals surface area contributed by atoms with Crippen LogP contribution in [0.5, 0.6) is 0 Å². The Kier molecular flexibility index (Phi) is 4.27. The van der Waals surface area contributed by atoms with Gasteiger partial charge in [0.1, 0.15) is 4.21 Å². The van der Waals surface area contributed by atoms with Crippen molar-refractivity contribution >= 4 is 44.1 Å². The SMILES string of the molecule is O=C(/C=C/c1cccc2ccccc12)NS(=O)(=O)c1cccs1. The molecule has 1 amide bonds. The fraction of sp³-hybridized carbons (Fsp3) is 0. The Morgan fingerprint density at radius 3 is 2.57 bits per heavy atom. The molecule has 4 nitrogen and oxygen atoms in total. The molecule has 3 rings (SSSR count). The molecule has 6 heteroatoms. The summed E-state index contributed by atoms with van der Waals surface area (Å²) in [4.78, 5) is 11.9. The molecule has 0 saturated heterocycles. The monoisotopic (exact) mass is 343 g/mol. The Labute approximate surface area is 138 Å². The molecule has 0 spiro atoms. The van der Waals surface area contributed by atoms with Crippen LogP contribution < -0.4 is 4.72 Å². The number of hydrogen-bond acceptors (Lipinski definition) is 4. The number of nitrogens with one attached hydrogen (secondary N) is 1. The number of benzene rings is 2. The van der Waals surface area contributed by atoms with E-state index in [9.17, 15) is 13.2 Å². The van der Waals surface area contributed by atoms with E-state index >= 15 is 0 Å². The number of rotatable bonds is 4. The lowest BCUT2D eigenvalue weighted by Gasteiger charge is -2.03. The molecule has 2 aromatic carbocycles. The lowest BCUT2D eigenvalue weighted by molar-refractivity contribution is -0.114. The Morgan fingerprint density at radius 2 is 1.78 bits per heavy atom. The average molecular weight is 343 g/mol. The van der Waals surface area contributed by atoms with Gasteiger partial charge in [0.25, 0.3) is 15.9 Å². The van der Waals surface area contributed by atoms with Gasteiger partial charge >= 0.3 is 0 Å². The molecule has 0 aliphatic heterocycles. The van der Waals surface area contributed by atoms with E-state index in [1.807, 2.05) is 47.2 Å². The number of carbonyl (C=O) groups excluding carboxylic acids is 1. The van der Waals surface area contributed by atoms with Gasteiger partial charge in [-0.3, -0.25) is 4.79 Å². The third-order valence-corrected chi connectivity index (χ3v) is 5.98. The van der Waals surface area contributed by atoms with Crippen molar-refractivity contribution in [1.82, 2.24) is 4.72 Å². The van der Waals surface area contributed by atoms with Crippen LogP contribution in [0.3, 0.4) is 0 Å². The number of carbonyl (C=O) groups is 1. The minimum absolute atomic E-state index is 0.115. The summed E-state index contributed by atoms with van der Waals surface area (Å²) in [6.45, 7) is 0. The lowest BCUT2D eigenvalue weighted by atomic mass is 10.0. The summed E-state index contributed by atoms with van der Waals surface area (Å²) in [5.41, 5.74) is 0.853. The summed E-state index contributed by atoms with van der Waals surface area (Å²) in [5.74, 6) is -0.675. The van der Waals surface area contributed by atoms with Gasteiger partial charge in [0.15, 0.2) is 0 Å². The Hall–Kier alpha value is -2.44. The Bertz CT molecular complexity index is 969. The van der Waals surface area contributed by atoms with E-state index in [0.29, 0.717) is 0 Å². The second-order valence-corrected chi connectivity index (χ2v) is 7.66. The highest BCUT2D eigenvalue weighted by Gasteiger charge is 2.16. The van der Waals surface area contributed by atoms with Crippen LogP contribution in [0.2, 0.25) is 0 Å². The van der Waals surface area contributed by atoms with Gasteiger partial charge in [-0.2, -0.15) is 0 Å². The quantitative estimate of drug-likeness (QED) is 0.738. The number of hydrogen-bond donors (Lipinski definition) is 1. The van der Waals surface area contributed by atoms with E-state index in [0.717, 1.165) is 27.7 Å². The molecular weight excluding hydrogens is 330 g/mol. The molecule has 23 heavy (non-hydrogen) atoms. The number of sulfonamides is 1. The van der Waals surface area contributed by atoms with Crippen LogP contribution in [-0.2, 0) is 14.8 Å². The minimum atomic E-state index is -3.80. The van der Waals surface area contributed by atoms with Crippen molar-refractivity contribution in [3.8, 4) is 0 Å². The van der Waals surface area contributed by atoms with Gasteiger partial charge in [0, 0.05) is 6.08 Å². The molecule has 0 saturated carbocycles. The largest absolute Gasteiger partial charge is 0.273 e. The maximum absolute atomic E-state index is 12.0. The first-order valence-corrected chi connectivity index (χ1v) is 9.19. The smallest absolute Gasteiger partial charge is 0.269 e. The van der Waals surface area contributed by atoms with E-state index in [4.69, 9.17) is 0 Å². The van der Waals surface area contributed by atoms with Crippen molar-refractivity contribution in [3.63, 3.8) is 0 Å². The highest BCUT2D eigenvalue weighted by Crippen LogP contribution is 2.19. The molecule has 0 fully saturated rings. The highest BCUT2D eigenvalue weighted by molar-refractivity contribution is 7.92. The van der Waals surface area contributed by atoms with Crippen molar-refractivity contribution in [3.05, 3.63) is 71.6 Å². The normalized spacial score (nSPS) is 11.8. The van der Waals surface area contributed by atoms with Crippen LogP contribution in [-0.4, -0.2) is 14.3 Å². The van der Waals surface area contributed by atoms with Crippen molar-refractivity contribution in [2.75, 3.05) is 0 Å². The molecule has 3 aromatic rings. The summed E-state index contributed by atoms with van der Waals surface area (Å²) in [7, 11) is -3.80. The van der Waals surface area contributed by atoms with Crippen molar-refractivity contribution < 1.29 is 13.2 Å². The standard InChI is InChI=1S/C17H13NO3S2/c19-16(18-23(20,21)17-9-4-12-22-17)11-10-14-7-3-6-13-5-1-2-8-15(13)14/h1-12H,(H,18,19)/b11-10+. The zero-order chi connectivity index (χ0) is 16.3. The van der Waals surface area contributed by atoms with E-state index in [1.54, 1.807) is 17.5 Å². The van der Waals surface area contributed by atoms with Crippen LogP contribution in [0.15, 0.2) is 70.3 Å². The van der Waals surface area contributed by atoms with Crippen LogP contribution in [0.1, 0.15) is 5.56 Å². The summed E-state index contributed by atoms with van der Waals surface area (Å²) < 4.78 is 26.1.